The maximum absolute atomic E-state index is 13.7. The number of piperidine rings is 2. The summed E-state index contributed by atoms with van der Waals surface area (Å²) >= 11 is 0. The Balaban J connectivity index is 0.000000213. The molecule has 0 bridgehead atoms. The summed E-state index contributed by atoms with van der Waals surface area (Å²) in [5, 5.41) is 13.4. The Bertz CT molecular complexity index is 2460. The summed E-state index contributed by atoms with van der Waals surface area (Å²) in [5.74, 6) is -0.881. The van der Waals surface area contributed by atoms with Crippen molar-refractivity contribution >= 4 is 45.1 Å². The van der Waals surface area contributed by atoms with Crippen LogP contribution in [-0.2, 0) is 10.0 Å². The van der Waals surface area contributed by atoms with Crippen molar-refractivity contribution in [2.45, 2.75) is 56.5 Å². The Morgan fingerprint density at radius 2 is 1.25 bits per heavy atom. The van der Waals surface area contributed by atoms with Crippen molar-refractivity contribution in [3.63, 3.8) is 0 Å². The number of methoxy groups -OCH3 is 2. The lowest BCUT2D eigenvalue weighted by atomic mass is 10.0. The number of nitrogens with two attached hydrogens (primary N) is 2. The van der Waals surface area contributed by atoms with Crippen LogP contribution in [-0.4, -0.2) is 102 Å². The maximum Gasteiger partial charge on any atom is 0.248 e. The fourth-order valence-corrected chi connectivity index (χ4v) is 8.59. The zero-order chi connectivity index (χ0) is 43.1. The minimum absolute atomic E-state index is 0.00962. The lowest BCUT2D eigenvalue weighted by Gasteiger charge is -2.31. The summed E-state index contributed by atoms with van der Waals surface area (Å²) in [7, 11) is -0.920. The van der Waals surface area contributed by atoms with Gasteiger partial charge in [-0.15, -0.1) is 0 Å². The van der Waals surface area contributed by atoms with E-state index in [0.717, 1.165) is 38.1 Å². The normalized spacial score (nSPS) is 15.1. The number of rotatable bonds is 12. The molecule has 2 saturated heterocycles. The van der Waals surface area contributed by atoms with Gasteiger partial charge in [0.2, 0.25) is 33.5 Å². The molecule has 318 valence electrons. The highest BCUT2D eigenvalue weighted by molar-refractivity contribution is 7.89. The highest BCUT2D eigenvalue weighted by Gasteiger charge is 2.34. The van der Waals surface area contributed by atoms with Crippen molar-refractivity contribution in [3.8, 4) is 11.5 Å². The summed E-state index contributed by atoms with van der Waals surface area (Å²) in [4.78, 5) is 42.3. The van der Waals surface area contributed by atoms with Gasteiger partial charge >= 0.3 is 0 Å². The molecular formula is C39H45F2N11O7S. The molecule has 0 unspecified atom stereocenters. The summed E-state index contributed by atoms with van der Waals surface area (Å²) < 4.78 is 69.8. The van der Waals surface area contributed by atoms with E-state index in [1.807, 2.05) is 0 Å². The average molecular weight is 850 g/mol. The second-order valence-electron chi connectivity index (χ2n) is 14.0. The van der Waals surface area contributed by atoms with Crippen LogP contribution in [0.5, 0.6) is 11.5 Å². The number of benzene rings is 2. The van der Waals surface area contributed by atoms with Crippen LogP contribution in [0.1, 0.15) is 69.0 Å². The number of carbonyl (C=O) groups is 2. The van der Waals surface area contributed by atoms with E-state index in [9.17, 15) is 26.8 Å². The SMILES string of the molecule is COc1ccc(F)cc1C(=O)c1cnc(NC2CCN(S(=O)(=O)c3c(C)noc3C)CC2)nc1N.COc1ccc(F)cc1C(=O)c1cnc(NC2CCNCC2)nc1N. The molecule has 3 aromatic heterocycles. The molecular weight excluding hydrogens is 805 g/mol. The zero-order valence-corrected chi connectivity index (χ0v) is 34.1. The molecule has 7 rings (SSSR count). The number of nitrogen functional groups attached to an aromatic ring is 2. The summed E-state index contributed by atoms with van der Waals surface area (Å²) in [6.45, 7) is 5.61. The minimum Gasteiger partial charge on any atom is -0.496 e. The van der Waals surface area contributed by atoms with Gasteiger partial charge in [0, 0.05) is 37.6 Å². The molecule has 7 N–H and O–H groups in total. The Labute approximate surface area is 344 Å². The lowest BCUT2D eigenvalue weighted by molar-refractivity contribution is 0.102. The van der Waals surface area contributed by atoms with Crippen molar-refractivity contribution in [1.29, 1.82) is 0 Å². The minimum atomic E-state index is -3.71. The second kappa shape index (κ2) is 18.7. The van der Waals surface area contributed by atoms with Crippen molar-refractivity contribution < 1.29 is 40.8 Å². The highest BCUT2D eigenvalue weighted by Crippen LogP contribution is 2.29. The Hall–Kier alpha value is -6.32. The molecule has 18 nitrogen and oxygen atoms in total. The fraction of sp³-hybridized carbons (Fsp3) is 0.359. The van der Waals surface area contributed by atoms with Crippen molar-refractivity contribution in [3.05, 3.63) is 94.1 Å². The van der Waals surface area contributed by atoms with Gasteiger partial charge in [0.1, 0.15) is 45.4 Å². The van der Waals surface area contributed by atoms with E-state index in [0.29, 0.717) is 24.5 Å². The highest BCUT2D eigenvalue weighted by atomic mass is 32.2. The Kier molecular flexibility index (Phi) is 13.5. The molecule has 0 spiro atoms. The number of aromatic nitrogens is 5. The van der Waals surface area contributed by atoms with Gasteiger partial charge in [-0.05, 0) is 89.0 Å². The molecule has 0 aliphatic carbocycles. The summed E-state index contributed by atoms with van der Waals surface area (Å²) in [6, 6.07) is 7.51. The molecule has 5 aromatic rings. The molecule has 2 aliphatic heterocycles. The maximum atomic E-state index is 13.7. The van der Waals surface area contributed by atoms with E-state index < -0.39 is 33.2 Å². The van der Waals surface area contributed by atoms with E-state index in [1.165, 1.54) is 55.2 Å². The van der Waals surface area contributed by atoms with E-state index in [-0.39, 0.29) is 87.2 Å². The van der Waals surface area contributed by atoms with Crippen LogP contribution >= 0.6 is 0 Å². The lowest BCUT2D eigenvalue weighted by Crippen LogP contribution is -2.42. The number of anilines is 4. The molecule has 0 saturated carbocycles. The third-order valence-electron chi connectivity index (χ3n) is 9.96. The molecule has 0 radical (unpaired) electrons. The predicted molar refractivity (Wildman–Crippen MR) is 217 cm³/mol. The number of aryl methyl sites for hydroxylation is 2. The second-order valence-corrected chi connectivity index (χ2v) is 15.9. The van der Waals surface area contributed by atoms with Gasteiger partial charge in [0.05, 0.1) is 36.5 Å². The number of nitrogens with zero attached hydrogens (tertiary/aromatic N) is 6. The zero-order valence-electron chi connectivity index (χ0n) is 33.3. The third kappa shape index (κ3) is 9.75. The van der Waals surface area contributed by atoms with Gasteiger partial charge in [-0.25, -0.2) is 27.2 Å². The fourth-order valence-electron chi connectivity index (χ4n) is 6.83. The van der Waals surface area contributed by atoms with Gasteiger partial charge in [-0.3, -0.25) is 9.59 Å². The molecule has 5 heterocycles. The van der Waals surface area contributed by atoms with E-state index in [2.05, 4.69) is 41.0 Å². The standard InChI is InChI=1S/C22H25FN6O5S.C17H20FN5O2/c1-12-20(13(2)34-28-12)35(31,32)29-8-6-15(7-9-29)26-22-25-11-17(21(24)27-22)19(30)16-10-14(23)4-5-18(16)33-3;1-25-14-3-2-10(18)8-12(14)15(24)13-9-21-17(23-16(13)19)22-11-4-6-20-7-5-11/h4-5,10-11,15H,6-9H2,1-3H3,(H3,24,25,26,27);2-3,8-9,11,20H,4-7H2,1H3,(H3,19,21,22,23). The topological polar surface area (TPSA) is 256 Å². The van der Waals surface area contributed by atoms with Crippen LogP contribution in [0, 0.1) is 25.5 Å². The molecule has 2 fully saturated rings. The van der Waals surface area contributed by atoms with Crippen LogP contribution in [0.3, 0.4) is 0 Å². The van der Waals surface area contributed by atoms with E-state index in [1.54, 1.807) is 13.8 Å². The Morgan fingerprint density at radius 1 is 0.783 bits per heavy atom. The first-order valence-electron chi connectivity index (χ1n) is 18.9. The average Bonchev–Trinajstić information content (AvgIpc) is 3.59. The molecule has 0 atom stereocenters. The number of hydrogen-bond acceptors (Lipinski definition) is 17. The van der Waals surface area contributed by atoms with Gasteiger partial charge in [0.25, 0.3) is 0 Å². The molecule has 2 aliphatic rings. The monoisotopic (exact) mass is 849 g/mol. The van der Waals surface area contributed by atoms with E-state index >= 15 is 0 Å². The predicted octanol–water partition coefficient (Wildman–Crippen LogP) is 3.91. The number of hydrogen-bond donors (Lipinski definition) is 5. The first kappa shape index (κ1) is 43.3. The molecule has 60 heavy (non-hydrogen) atoms. The van der Waals surface area contributed by atoms with Crippen LogP contribution < -0.4 is 36.9 Å². The van der Waals surface area contributed by atoms with Crippen LogP contribution in [0.25, 0.3) is 0 Å². The number of ether oxygens (including phenoxy) is 2. The summed E-state index contributed by atoms with van der Waals surface area (Å²) in [5.41, 5.74) is 12.5. The first-order chi connectivity index (χ1) is 28.7. The number of halogens is 2. The number of ketones is 2. The number of nitrogens with one attached hydrogen (secondary N) is 3. The van der Waals surface area contributed by atoms with Gasteiger partial charge in [-0.2, -0.15) is 14.3 Å². The molecule has 21 heteroatoms. The quantitative estimate of drug-likeness (QED) is 0.112. The van der Waals surface area contributed by atoms with Crippen molar-refractivity contribution in [2.75, 3.05) is 62.5 Å². The number of sulfonamides is 1. The molecule has 2 aromatic carbocycles. The van der Waals surface area contributed by atoms with Crippen LogP contribution in [0.2, 0.25) is 0 Å². The molecule has 0 amide bonds. The smallest absolute Gasteiger partial charge is 0.248 e. The third-order valence-corrected chi connectivity index (χ3v) is 12.1. The van der Waals surface area contributed by atoms with Crippen LogP contribution in [0.4, 0.5) is 32.3 Å². The van der Waals surface area contributed by atoms with Gasteiger partial charge in [0.15, 0.2) is 5.76 Å². The Morgan fingerprint density at radius 3 is 1.67 bits per heavy atom. The van der Waals surface area contributed by atoms with Gasteiger partial charge < -0.3 is 41.4 Å². The van der Waals surface area contributed by atoms with Crippen LogP contribution in [0.15, 0.2) is 58.2 Å². The summed E-state index contributed by atoms with van der Waals surface area (Å²) in [6.07, 6.45) is 5.57. The van der Waals surface area contributed by atoms with E-state index in [4.69, 9.17) is 25.5 Å². The van der Waals surface area contributed by atoms with Gasteiger partial charge in [-0.1, -0.05) is 5.16 Å². The van der Waals surface area contributed by atoms with Crippen molar-refractivity contribution in [1.82, 2.24) is 34.7 Å². The largest absolute Gasteiger partial charge is 0.496 e. The van der Waals surface area contributed by atoms with Crippen molar-refractivity contribution in [2.24, 2.45) is 0 Å². The number of carbonyl (C=O) groups excluding carboxylic acids is 2. The first-order valence-corrected chi connectivity index (χ1v) is 20.3.